The molecule has 0 fully saturated rings. The van der Waals surface area contributed by atoms with Gasteiger partial charge in [0.1, 0.15) is 11.2 Å². The Kier molecular flexibility index (Phi) is 5.83. The highest BCUT2D eigenvalue weighted by Gasteiger charge is 2.38. The first-order valence-corrected chi connectivity index (χ1v) is 14.0. The van der Waals surface area contributed by atoms with Crippen LogP contribution < -0.4 is 0 Å². The third-order valence-corrected chi connectivity index (χ3v) is 8.14. The minimum Gasteiger partial charge on any atom is -0.456 e. The highest BCUT2D eigenvalue weighted by Crippen LogP contribution is 2.53. The van der Waals surface area contributed by atoms with Crippen LogP contribution in [0.5, 0.6) is 0 Å². The number of allylic oxidation sites excluding steroid dienone is 5. The van der Waals surface area contributed by atoms with Gasteiger partial charge in [-0.3, -0.25) is 0 Å². The van der Waals surface area contributed by atoms with Gasteiger partial charge in [-0.1, -0.05) is 111 Å². The molecule has 0 saturated carbocycles. The van der Waals surface area contributed by atoms with Crippen LogP contribution in [0.2, 0.25) is 0 Å². The van der Waals surface area contributed by atoms with Crippen molar-refractivity contribution in [1.82, 2.24) is 9.97 Å². The number of para-hydroxylation sites is 1. The number of hydrogen-bond acceptors (Lipinski definition) is 3. The van der Waals surface area contributed by atoms with Crippen molar-refractivity contribution in [2.75, 3.05) is 0 Å². The van der Waals surface area contributed by atoms with Crippen molar-refractivity contribution >= 4 is 27.5 Å². The molecular weight excluding hydrogens is 500 g/mol. The first-order valence-electron chi connectivity index (χ1n) is 14.0. The molecule has 0 atom stereocenters. The summed E-state index contributed by atoms with van der Waals surface area (Å²) < 4.78 is 6.26. The Balaban J connectivity index is 1.45. The van der Waals surface area contributed by atoms with E-state index in [2.05, 4.69) is 87.2 Å². The molecule has 1 aliphatic carbocycles. The van der Waals surface area contributed by atoms with Gasteiger partial charge in [0, 0.05) is 32.9 Å². The fourth-order valence-electron chi connectivity index (χ4n) is 6.29. The first-order chi connectivity index (χ1) is 20.0. The van der Waals surface area contributed by atoms with Crippen LogP contribution in [0.15, 0.2) is 126 Å². The molecule has 3 nitrogen and oxygen atoms in total. The van der Waals surface area contributed by atoms with Gasteiger partial charge in [0.15, 0.2) is 5.82 Å². The average molecular weight is 531 g/mol. The van der Waals surface area contributed by atoms with Crippen LogP contribution in [0.25, 0.3) is 61.2 Å². The maximum atomic E-state index is 6.26. The minimum absolute atomic E-state index is 0.173. The Morgan fingerprint density at radius 3 is 2.32 bits per heavy atom. The summed E-state index contributed by atoms with van der Waals surface area (Å²) in [6.45, 7) is 10.5. The molecule has 4 aromatic carbocycles. The van der Waals surface area contributed by atoms with Crippen LogP contribution in [0, 0.1) is 0 Å². The quantitative estimate of drug-likeness (QED) is 0.208. The summed E-state index contributed by atoms with van der Waals surface area (Å²) in [5, 5.41) is 2.38. The predicted molar refractivity (Wildman–Crippen MR) is 171 cm³/mol. The monoisotopic (exact) mass is 530 g/mol. The van der Waals surface area contributed by atoms with Gasteiger partial charge in [-0.05, 0) is 53.4 Å². The van der Waals surface area contributed by atoms with Crippen molar-refractivity contribution in [3.63, 3.8) is 0 Å². The van der Waals surface area contributed by atoms with E-state index in [-0.39, 0.29) is 5.41 Å². The fourth-order valence-corrected chi connectivity index (χ4v) is 6.29. The van der Waals surface area contributed by atoms with E-state index in [1.54, 1.807) is 6.08 Å². The van der Waals surface area contributed by atoms with E-state index in [0.29, 0.717) is 5.82 Å². The number of fused-ring (bicyclic) bond motifs is 7. The van der Waals surface area contributed by atoms with Crippen molar-refractivity contribution in [1.29, 1.82) is 0 Å². The zero-order chi connectivity index (χ0) is 28.1. The van der Waals surface area contributed by atoms with Crippen LogP contribution >= 0.6 is 0 Å². The van der Waals surface area contributed by atoms with Crippen molar-refractivity contribution < 1.29 is 4.42 Å². The van der Waals surface area contributed by atoms with E-state index in [9.17, 15) is 0 Å². The Labute approximate surface area is 240 Å². The Hall–Kier alpha value is -5.02. The number of hydrogen-bond donors (Lipinski definition) is 0. The van der Waals surface area contributed by atoms with Gasteiger partial charge in [-0.15, -0.1) is 0 Å². The third kappa shape index (κ3) is 3.96. The van der Waals surface area contributed by atoms with Gasteiger partial charge in [0.2, 0.25) is 0 Å². The van der Waals surface area contributed by atoms with Crippen molar-refractivity contribution in [2.45, 2.75) is 26.2 Å². The van der Waals surface area contributed by atoms with Crippen molar-refractivity contribution in [3.05, 3.63) is 139 Å². The number of nitrogens with zero attached hydrogens (tertiary/aromatic N) is 2. The molecule has 0 bridgehead atoms. The molecule has 0 saturated heterocycles. The molecule has 7 rings (SSSR count). The van der Waals surface area contributed by atoms with Crippen molar-refractivity contribution in [2.24, 2.45) is 0 Å². The summed E-state index contributed by atoms with van der Waals surface area (Å²) in [4.78, 5) is 10.0. The highest BCUT2D eigenvalue weighted by molar-refractivity contribution is 6.11. The summed E-state index contributed by atoms with van der Waals surface area (Å²) in [7, 11) is 0. The minimum atomic E-state index is -0.173. The van der Waals surface area contributed by atoms with E-state index in [4.69, 9.17) is 14.4 Å². The SMILES string of the molecule is C=C/C=C(\C=C/C)c1nc(-c2ccccc2)cc(-c2ccc3c(c2)-c2ccc4oc5ccccc5c4c2C3(C)C)n1. The van der Waals surface area contributed by atoms with E-state index in [1.165, 1.54) is 33.0 Å². The standard InChI is InChI=1S/C38H30N2O/c1-5-12-25(13-6-2)37-39-31(24-14-8-7-9-15-24)23-32(40-37)26-18-20-30-29(22-26)27-19-21-34-35(36(27)38(30,3)4)28-16-10-11-17-33(28)41-34/h5-23H,1H2,2-4H3/b13-6-,25-12+. The highest BCUT2D eigenvalue weighted by atomic mass is 16.3. The van der Waals surface area contributed by atoms with Gasteiger partial charge in [-0.25, -0.2) is 9.97 Å². The summed E-state index contributed by atoms with van der Waals surface area (Å²) in [5.41, 5.74) is 11.6. The zero-order valence-electron chi connectivity index (χ0n) is 23.5. The maximum absolute atomic E-state index is 6.26. The maximum Gasteiger partial charge on any atom is 0.160 e. The topological polar surface area (TPSA) is 38.9 Å². The van der Waals surface area contributed by atoms with E-state index in [1.807, 2.05) is 49.4 Å². The van der Waals surface area contributed by atoms with Crippen LogP contribution in [0.4, 0.5) is 0 Å². The van der Waals surface area contributed by atoms with Gasteiger partial charge in [0.05, 0.1) is 11.4 Å². The molecule has 198 valence electrons. The number of rotatable bonds is 5. The number of furan rings is 1. The second-order valence-corrected chi connectivity index (χ2v) is 11.0. The normalized spacial score (nSPS) is 14.1. The molecule has 1 aliphatic rings. The van der Waals surface area contributed by atoms with Crippen LogP contribution in [0.1, 0.15) is 37.7 Å². The molecule has 0 unspecified atom stereocenters. The molecule has 0 amide bonds. The van der Waals surface area contributed by atoms with Gasteiger partial charge in [-0.2, -0.15) is 0 Å². The Morgan fingerprint density at radius 1 is 0.780 bits per heavy atom. The first kappa shape index (κ1) is 25.0. The van der Waals surface area contributed by atoms with Crippen LogP contribution in [0.3, 0.4) is 0 Å². The largest absolute Gasteiger partial charge is 0.456 e. The Morgan fingerprint density at radius 2 is 1.54 bits per heavy atom. The molecule has 0 N–H and O–H groups in total. The lowest BCUT2D eigenvalue weighted by Gasteiger charge is -2.22. The smallest absolute Gasteiger partial charge is 0.160 e. The second kappa shape index (κ2) is 9.57. The van der Waals surface area contributed by atoms with E-state index in [0.717, 1.165) is 39.3 Å². The summed E-state index contributed by atoms with van der Waals surface area (Å²) >= 11 is 0. The Bertz CT molecular complexity index is 2040. The lowest BCUT2D eigenvalue weighted by atomic mass is 9.80. The van der Waals surface area contributed by atoms with Crippen LogP contribution in [-0.2, 0) is 5.41 Å². The molecule has 3 heteroatoms. The van der Waals surface area contributed by atoms with Gasteiger partial charge < -0.3 is 4.42 Å². The summed E-state index contributed by atoms with van der Waals surface area (Å²) in [5.74, 6) is 0.673. The average Bonchev–Trinajstić information content (AvgIpc) is 3.49. The molecule has 2 heterocycles. The number of benzene rings is 4. The lowest BCUT2D eigenvalue weighted by Crippen LogP contribution is -2.15. The predicted octanol–water partition coefficient (Wildman–Crippen LogP) is 10.2. The van der Waals surface area contributed by atoms with E-state index >= 15 is 0 Å². The van der Waals surface area contributed by atoms with Gasteiger partial charge in [0.25, 0.3) is 0 Å². The molecular formula is C38H30N2O. The third-order valence-electron chi connectivity index (χ3n) is 8.14. The second-order valence-electron chi connectivity index (χ2n) is 11.0. The van der Waals surface area contributed by atoms with Crippen molar-refractivity contribution in [3.8, 4) is 33.6 Å². The molecule has 0 spiro atoms. The molecule has 6 aromatic rings. The van der Waals surface area contributed by atoms with Crippen LogP contribution in [-0.4, -0.2) is 9.97 Å². The fraction of sp³-hybridized carbons (Fsp3) is 0.105. The molecule has 0 radical (unpaired) electrons. The zero-order valence-corrected chi connectivity index (χ0v) is 23.5. The summed E-state index contributed by atoms with van der Waals surface area (Å²) in [6, 6.07) is 31.8. The molecule has 2 aromatic heterocycles. The lowest BCUT2D eigenvalue weighted by molar-refractivity contribution is 0.657. The summed E-state index contributed by atoms with van der Waals surface area (Å²) in [6.07, 6.45) is 7.76. The van der Waals surface area contributed by atoms with Gasteiger partial charge >= 0.3 is 0 Å². The molecule has 41 heavy (non-hydrogen) atoms. The van der Waals surface area contributed by atoms with E-state index < -0.39 is 0 Å². The number of aromatic nitrogens is 2. The molecule has 0 aliphatic heterocycles.